The number of benzene rings is 1. The van der Waals surface area contributed by atoms with E-state index in [1.807, 2.05) is 0 Å². The molecule has 1 aromatic carbocycles. The van der Waals surface area contributed by atoms with E-state index in [9.17, 15) is 81.4 Å². The van der Waals surface area contributed by atoms with Gasteiger partial charge in [0.15, 0.2) is 0 Å². The van der Waals surface area contributed by atoms with Crippen molar-refractivity contribution in [2.75, 3.05) is 135 Å². The van der Waals surface area contributed by atoms with Crippen molar-refractivity contribution >= 4 is 69.6 Å². The molecule has 5 rings (SSSR count). The number of rotatable bonds is 56. The first-order chi connectivity index (χ1) is 51.3. The predicted octanol–water partition coefficient (Wildman–Crippen LogP) is 8.89. The normalized spacial score (nSPS) is 19.6. The van der Waals surface area contributed by atoms with E-state index in [-0.39, 0.29) is 136 Å². The molecule has 3 amide bonds. The number of amides is 3. The topological polar surface area (TPSA) is 399 Å². The Morgan fingerprint density at radius 1 is 0.579 bits per heavy atom. The summed E-state index contributed by atoms with van der Waals surface area (Å²) in [5.41, 5.74) is -3.19. The second-order valence-electron chi connectivity index (χ2n) is 25.8. The number of ether oxygens (including phenoxy) is 9. The summed E-state index contributed by atoms with van der Waals surface area (Å²) in [6.07, 6.45) is -0.0772. The van der Waals surface area contributed by atoms with Gasteiger partial charge < -0.3 is 95.0 Å². The largest absolute Gasteiger partial charge is 0.421 e. The number of hydrogen-bond donors (Lipinski definition) is 10. The van der Waals surface area contributed by atoms with Crippen LogP contribution >= 0.6 is 23.2 Å². The average molecular weight is 1580 g/mol. The highest BCUT2D eigenvalue weighted by atomic mass is 35.5. The van der Waals surface area contributed by atoms with Crippen LogP contribution in [0.1, 0.15) is 140 Å². The number of alkyl halides is 6. The maximum Gasteiger partial charge on any atom is 0.421 e. The highest BCUT2D eigenvalue weighted by molar-refractivity contribution is 6.32. The molecule has 0 aliphatic carbocycles. The zero-order valence-electron chi connectivity index (χ0n) is 60.1. The number of carbonyl (C=O) groups is 3. The lowest BCUT2D eigenvalue weighted by atomic mass is 9.98. The van der Waals surface area contributed by atoms with Crippen LogP contribution in [0.15, 0.2) is 42.7 Å². The van der Waals surface area contributed by atoms with E-state index in [0.29, 0.717) is 19.6 Å². The fraction of sp³-hybridized carbons (Fsp3) is 0.725. The first-order valence-corrected chi connectivity index (χ1v) is 37.0. The smallest absolute Gasteiger partial charge is 0.388 e. The van der Waals surface area contributed by atoms with Crippen LogP contribution in [0.4, 0.5) is 55.0 Å². The molecule has 2 unspecified atom stereocenters. The Labute approximate surface area is 627 Å². The molecule has 0 spiro atoms. The van der Waals surface area contributed by atoms with Gasteiger partial charge in [-0.1, -0.05) is 120 Å². The molecule has 10 atom stereocenters. The van der Waals surface area contributed by atoms with Crippen molar-refractivity contribution in [3.63, 3.8) is 0 Å². The maximum absolute atomic E-state index is 13.8. The maximum atomic E-state index is 13.8. The van der Waals surface area contributed by atoms with Crippen molar-refractivity contribution in [1.29, 1.82) is 0 Å². The van der Waals surface area contributed by atoms with Crippen LogP contribution in [0, 0.1) is 20.2 Å². The number of aromatic nitrogens is 2. The van der Waals surface area contributed by atoms with Gasteiger partial charge in [-0.25, -0.2) is 9.97 Å². The SMILES string of the molecule is CCCCCCCCCC(CNC(=O)CCOCC(COCCC(=O)NCCCCCCCCCCCOC[C@H]1OC[C@H](Nc2nccc(Cl)c2C(F)(F)F)[C@@H](O)[C@H]1O)NC(=O)COCCOCCOCCNc1ccc([N+](=O)[O-])cc1[N+](=O)[O-])OC[C@H]1OC[C@H](Nc2nccc(Cl)c2C(F)(F)F)[C@@H](O)[C@H]1O. The number of aliphatic hydroxyl groups excluding tert-OH is 4. The van der Waals surface area contributed by atoms with E-state index in [0.717, 1.165) is 139 Å². The summed E-state index contributed by atoms with van der Waals surface area (Å²) in [7, 11) is 0. The Balaban J connectivity index is 0.975. The van der Waals surface area contributed by atoms with Crippen molar-refractivity contribution in [3.8, 4) is 0 Å². The fourth-order valence-corrected chi connectivity index (χ4v) is 12.0. The number of nitro groups is 2. The van der Waals surface area contributed by atoms with Gasteiger partial charge in [0.2, 0.25) is 17.7 Å². The number of anilines is 3. The van der Waals surface area contributed by atoms with Gasteiger partial charge in [-0.05, 0) is 37.5 Å². The van der Waals surface area contributed by atoms with E-state index in [4.69, 9.17) is 65.8 Å². The van der Waals surface area contributed by atoms with Gasteiger partial charge in [-0.2, -0.15) is 26.3 Å². The molecule has 3 aromatic rings. The van der Waals surface area contributed by atoms with Crippen LogP contribution in [-0.4, -0.2) is 238 Å². The van der Waals surface area contributed by atoms with Crippen molar-refractivity contribution < 1.29 is 114 Å². The molecule has 38 heteroatoms. The molecule has 2 fully saturated rings. The molecule has 0 saturated carbocycles. The molecule has 4 heterocycles. The van der Waals surface area contributed by atoms with E-state index in [1.54, 1.807) is 0 Å². The highest BCUT2D eigenvalue weighted by Crippen LogP contribution is 2.41. The van der Waals surface area contributed by atoms with Gasteiger partial charge in [-0.3, -0.25) is 34.6 Å². The van der Waals surface area contributed by atoms with Crippen LogP contribution in [-0.2, 0) is 69.4 Å². The van der Waals surface area contributed by atoms with Gasteiger partial charge in [-0.15, -0.1) is 0 Å². The zero-order chi connectivity index (χ0) is 78.0. The van der Waals surface area contributed by atoms with E-state index in [2.05, 4.69) is 48.8 Å². The van der Waals surface area contributed by atoms with Gasteiger partial charge in [0.25, 0.3) is 11.4 Å². The quantitative estimate of drug-likeness (QED) is 0.0109. The number of pyridine rings is 2. The third-order valence-corrected chi connectivity index (χ3v) is 18.0. The van der Waals surface area contributed by atoms with Crippen LogP contribution < -0.4 is 31.9 Å². The molecule has 2 aliphatic heterocycles. The third kappa shape index (κ3) is 35.1. The number of aliphatic hydroxyl groups is 4. The predicted molar refractivity (Wildman–Crippen MR) is 381 cm³/mol. The number of nitrogens with zero attached hydrogens (tertiary/aromatic N) is 4. The number of nitro benzene ring substituents is 2. The molecule has 2 aliphatic rings. The third-order valence-electron chi connectivity index (χ3n) is 17.4. The summed E-state index contributed by atoms with van der Waals surface area (Å²) in [6, 6.07) is 2.24. The second-order valence-corrected chi connectivity index (χ2v) is 26.7. The Bertz CT molecular complexity index is 3100. The number of non-ortho nitro benzene ring substituents is 1. The number of halogens is 8. The highest BCUT2D eigenvalue weighted by Gasteiger charge is 2.44. The van der Waals surface area contributed by atoms with E-state index >= 15 is 0 Å². The minimum Gasteiger partial charge on any atom is -0.388 e. The molecule has 30 nitrogen and oxygen atoms in total. The van der Waals surface area contributed by atoms with E-state index in [1.165, 1.54) is 6.07 Å². The molecule has 2 saturated heterocycles. The second kappa shape index (κ2) is 50.5. The zero-order valence-corrected chi connectivity index (χ0v) is 61.6. The number of hydrogen-bond acceptors (Lipinski definition) is 25. The number of carbonyl (C=O) groups excluding carboxylic acids is 3. The number of unbranched alkanes of at least 4 members (excludes halogenated alkanes) is 14. The van der Waals surface area contributed by atoms with Gasteiger partial charge in [0.05, 0.1) is 136 Å². The van der Waals surface area contributed by atoms with Gasteiger partial charge in [0.1, 0.15) is 71.7 Å². The monoisotopic (exact) mass is 1580 g/mol. The Morgan fingerprint density at radius 2 is 1.08 bits per heavy atom. The lowest BCUT2D eigenvalue weighted by molar-refractivity contribution is -0.393. The first-order valence-electron chi connectivity index (χ1n) is 36.3. The van der Waals surface area contributed by atoms with E-state index < -0.39 is 133 Å². The van der Waals surface area contributed by atoms with Crippen LogP contribution in [0.3, 0.4) is 0 Å². The molecule has 0 radical (unpaired) electrons. The minimum atomic E-state index is -4.86. The summed E-state index contributed by atoms with van der Waals surface area (Å²) < 4.78 is 134. The number of nitrogens with one attached hydrogen (secondary N) is 6. The molecular formula is C69H104Cl2F6N10O20. The summed E-state index contributed by atoms with van der Waals surface area (Å²) in [5, 5.41) is 81.0. The van der Waals surface area contributed by atoms with Gasteiger partial charge >= 0.3 is 12.4 Å². The van der Waals surface area contributed by atoms with Crippen molar-refractivity contribution in [2.45, 2.75) is 202 Å². The standard InChI is InChI=1S/C69H104Cl2F6N10O20/c1-2-3-4-5-9-12-15-18-48(105-44-56-65(94)63(92)53(42-107-56)85-67-61(69(75,76)77)50(71)22-27-81-67)38-82-58(89)24-31-103-40-46(83-59(90)45-104-36-35-100-34-33-99-32-28-78-51-20-19-47(86(95)96)37-54(51)87(97)98)39-102-30-23-57(88)79-25-16-13-10-7-6-8-11-14-17-29-101-43-55-64(93)62(91)52(41-106-55)84-66-60(68(72,73)74)49(70)21-26-80-66/h19-22,26-27,37,46,48,52-53,55-56,62-65,78,91-94H,2-18,23-25,28-36,38-45H2,1H3,(H,79,88)(H,80,84)(H,81,85)(H,82,89)(H,83,90)/t46?,48?,52-,53-,55+,56+,62+,63+,64-,65-/m0/s1. The van der Waals surface area contributed by atoms with Crippen molar-refractivity contribution in [3.05, 3.63) is 84.1 Å². The lowest BCUT2D eigenvalue weighted by Crippen LogP contribution is -2.57. The molecule has 2 aromatic heterocycles. The van der Waals surface area contributed by atoms with Crippen LogP contribution in [0.2, 0.25) is 10.0 Å². The molecule has 606 valence electrons. The van der Waals surface area contributed by atoms with Crippen LogP contribution in [0.25, 0.3) is 0 Å². The summed E-state index contributed by atoms with van der Waals surface area (Å²) in [6.45, 7) is 2.52. The lowest BCUT2D eigenvalue weighted by Gasteiger charge is -2.38. The Kier molecular flexibility index (Phi) is 43.2. The summed E-state index contributed by atoms with van der Waals surface area (Å²) >= 11 is 11.6. The molecule has 0 bridgehead atoms. The molecular weight excluding hydrogens is 1470 g/mol. The Morgan fingerprint density at radius 3 is 1.63 bits per heavy atom. The Hall–Kier alpha value is -6.23. The van der Waals surface area contributed by atoms with Crippen molar-refractivity contribution in [2.24, 2.45) is 0 Å². The van der Waals surface area contributed by atoms with Gasteiger partial charge in [0, 0.05) is 57.5 Å². The fourth-order valence-electron chi connectivity index (χ4n) is 11.5. The molecule has 107 heavy (non-hydrogen) atoms. The minimum absolute atomic E-state index is 0.0109. The van der Waals surface area contributed by atoms with Crippen LogP contribution in [0.5, 0.6) is 0 Å². The molecule has 10 N–H and O–H groups in total. The summed E-state index contributed by atoms with van der Waals surface area (Å²) in [5.74, 6) is -2.34. The van der Waals surface area contributed by atoms with Crippen molar-refractivity contribution in [1.82, 2.24) is 25.9 Å². The summed E-state index contributed by atoms with van der Waals surface area (Å²) in [4.78, 5) is 67.5. The first kappa shape index (κ1) is 91.4. The average Bonchev–Trinajstić information content (AvgIpc) is 0.798.